The molecular weight excluding hydrogens is 305 g/mol. The first kappa shape index (κ1) is 13.9. The van der Waals surface area contributed by atoms with Crippen LogP contribution in [0.1, 0.15) is 38.5 Å². The monoisotopic (exact) mass is 323 g/mol. The molecule has 0 aliphatic heterocycles. The van der Waals surface area contributed by atoms with Crippen molar-refractivity contribution in [3.05, 3.63) is 28.2 Å². The fourth-order valence-corrected chi connectivity index (χ4v) is 5.59. The second-order valence-electron chi connectivity index (χ2n) is 7.25. The summed E-state index contributed by atoms with van der Waals surface area (Å²) in [4.78, 5) is 12.9. The van der Waals surface area contributed by atoms with Crippen molar-refractivity contribution >= 4 is 34.8 Å². The van der Waals surface area contributed by atoms with Gasteiger partial charge in [-0.1, -0.05) is 29.3 Å². The first-order valence-electron chi connectivity index (χ1n) is 7.81. The molecule has 4 bridgehead atoms. The van der Waals surface area contributed by atoms with Crippen LogP contribution in [0.4, 0.5) is 5.69 Å². The number of amides is 1. The average molecular weight is 324 g/mol. The van der Waals surface area contributed by atoms with Gasteiger partial charge in [-0.3, -0.25) is 4.79 Å². The molecule has 0 spiro atoms. The maximum absolute atomic E-state index is 12.9. The van der Waals surface area contributed by atoms with Crippen molar-refractivity contribution in [2.45, 2.75) is 38.5 Å². The van der Waals surface area contributed by atoms with Crippen molar-refractivity contribution in [1.29, 1.82) is 0 Å². The number of benzene rings is 1. The molecule has 4 fully saturated rings. The van der Waals surface area contributed by atoms with Crippen LogP contribution in [-0.2, 0) is 4.79 Å². The summed E-state index contributed by atoms with van der Waals surface area (Å²) < 4.78 is 0. The van der Waals surface area contributed by atoms with E-state index in [2.05, 4.69) is 5.32 Å². The molecule has 1 amide bonds. The molecule has 0 saturated heterocycles. The molecule has 4 heteroatoms. The molecule has 4 aliphatic rings. The quantitative estimate of drug-likeness (QED) is 0.801. The highest BCUT2D eigenvalue weighted by Crippen LogP contribution is 2.60. The fraction of sp³-hybridized carbons (Fsp3) is 0.588. The fourth-order valence-electron chi connectivity index (χ4n) is 5.24. The standard InChI is InChI=1S/C17H19Cl2NO/c18-13-2-1-3-14(15(13)19)20-16(21)17-7-10-4-11(8-17)6-12(5-10)9-17/h1-3,10-12H,4-9H2,(H,20,21). The van der Waals surface area contributed by atoms with E-state index in [1.165, 1.54) is 19.3 Å². The molecule has 0 atom stereocenters. The molecule has 5 rings (SSSR count). The third-order valence-corrected chi connectivity index (χ3v) is 6.54. The zero-order chi connectivity index (χ0) is 14.6. The van der Waals surface area contributed by atoms with Crippen LogP contribution in [0.3, 0.4) is 0 Å². The summed E-state index contributed by atoms with van der Waals surface area (Å²) in [6.45, 7) is 0. The number of hydrogen-bond donors (Lipinski definition) is 1. The Bertz CT molecular complexity index is 563. The lowest BCUT2D eigenvalue weighted by atomic mass is 9.49. The van der Waals surface area contributed by atoms with Crippen molar-refractivity contribution in [3.8, 4) is 0 Å². The first-order valence-corrected chi connectivity index (χ1v) is 8.57. The van der Waals surface area contributed by atoms with Gasteiger partial charge in [0.15, 0.2) is 0 Å². The van der Waals surface area contributed by atoms with Crippen molar-refractivity contribution in [2.24, 2.45) is 23.2 Å². The van der Waals surface area contributed by atoms with Crippen molar-refractivity contribution in [3.63, 3.8) is 0 Å². The number of hydrogen-bond acceptors (Lipinski definition) is 1. The van der Waals surface area contributed by atoms with Crippen LogP contribution in [0.15, 0.2) is 18.2 Å². The molecule has 0 radical (unpaired) electrons. The highest BCUT2D eigenvalue weighted by Gasteiger charge is 2.54. The van der Waals surface area contributed by atoms with E-state index >= 15 is 0 Å². The third kappa shape index (κ3) is 2.27. The minimum absolute atomic E-state index is 0.152. The highest BCUT2D eigenvalue weighted by molar-refractivity contribution is 6.44. The van der Waals surface area contributed by atoms with Crippen LogP contribution >= 0.6 is 23.2 Å². The SMILES string of the molecule is O=C(Nc1cccc(Cl)c1Cl)C12CC3CC(CC(C3)C1)C2. The average Bonchev–Trinajstić information content (AvgIpc) is 2.42. The van der Waals surface area contributed by atoms with Gasteiger partial charge in [0.1, 0.15) is 0 Å². The van der Waals surface area contributed by atoms with Crippen LogP contribution in [0.25, 0.3) is 0 Å². The van der Waals surface area contributed by atoms with Crippen LogP contribution in [0, 0.1) is 23.2 Å². The van der Waals surface area contributed by atoms with Gasteiger partial charge < -0.3 is 5.32 Å². The Morgan fingerprint density at radius 2 is 1.62 bits per heavy atom. The summed E-state index contributed by atoms with van der Waals surface area (Å²) >= 11 is 12.2. The summed E-state index contributed by atoms with van der Waals surface area (Å²) in [6, 6.07) is 5.39. The summed E-state index contributed by atoms with van der Waals surface area (Å²) in [7, 11) is 0. The number of halogens is 2. The van der Waals surface area contributed by atoms with E-state index in [1.54, 1.807) is 6.07 Å². The highest BCUT2D eigenvalue weighted by atomic mass is 35.5. The van der Waals surface area contributed by atoms with E-state index in [0.29, 0.717) is 15.7 Å². The van der Waals surface area contributed by atoms with Gasteiger partial charge in [0, 0.05) is 0 Å². The van der Waals surface area contributed by atoms with E-state index in [4.69, 9.17) is 23.2 Å². The maximum Gasteiger partial charge on any atom is 0.230 e. The lowest BCUT2D eigenvalue weighted by Crippen LogP contribution is -2.51. The minimum Gasteiger partial charge on any atom is -0.324 e. The Hall–Kier alpha value is -0.730. The third-order valence-electron chi connectivity index (χ3n) is 5.72. The topological polar surface area (TPSA) is 29.1 Å². The summed E-state index contributed by atoms with van der Waals surface area (Å²) in [5.41, 5.74) is 0.491. The number of rotatable bonds is 2. The number of anilines is 1. The van der Waals surface area contributed by atoms with Gasteiger partial charge in [-0.25, -0.2) is 0 Å². The van der Waals surface area contributed by atoms with E-state index < -0.39 is 0 Å². The van der Waals surface area contributed by atoms with E-state index in [9.17, 15) is 4.79 Å². The molecule has 4 aliphatic carbocycles. The van der Waals surface area contributed by atoms with Gasteiger partial charge in [-0.2, -0.15) is 0 Å². The minimum atomic E-state index is -0.152. The predicted octanol–water partition coefficient (Wildman–Crippen LogP) is 5.15. The number of nitrogens with one attached hydrogen (secondary N) is 1. The molecule has 0 unspecified atom stereocenters. The second kappa shape index (κ2) is 4.89. The molecule has 112 valence electrons. The van der Waals surface area contributed by atoms with Gasteiger partial charge in [0.25, 0.3) is 0 Å². The number of carbonyl (C=O) groups is 1. The largest absolute Gasteiger partial charge is 0.324 e. The first-order chi connectivity index (χ1) is 10.1. The molecule has 4 saturated carbocycles. The van der Waals surface area contributed by atoms with Crippen LogP contribution in [0.5, 0.6) is 0 Å². The van der Waals surface area contributed by atoms with Gasteiger partial charge in [0.2, 0.25) is 5.91 Å². The lowest BCUT2D eigenvalue weighted by molar-refractivity contribution is -0.140. The van der Waals surface area contributed by atoms with Crippen LogP contribution in [0.2, 0.25) is 10.0 Å². The Labute approximate surface area is 135 Å². The maximum atomic E-state index is 12.9. The summed E-state index contributed by atoms with van der Waals surface area (Å²) in [6.07, 6.45) is 7.19. The van der Waals surface area contributed by atoms with Crippen LogP contribution < -0.4 is 5.32 Å². The lowest BCUT2D eigenvalue weighted by Gasteiger charge is -2.55. The number of carbonyl (C=O) groups excluding carboxylic acids is 1. The Balaban J connectivity index is 1.59. The summed E-state index contributed by atoms with van der Waals surface area (Å²) in [5.74, 6) is 2.44. The smallest absolute Gasteiger partial charge is 0.230 e. The zero-order valence-electron chi connectivity index (χ0n) is 11.9. The molecule has 1 aromatic carbocycles. The van der Waals surface area contributed by atoms with Crippen molar-refractivity contribution < 1.29 is 4.79 Å². The van der Waals surface area contributed by atoms with E-state index in [-0.39, 0.29) is 11.3 Å². The van der Waals surface area contributed by atoms with Gasteiger partial charge in [-0.05, 0) is 68.4 Å². The predicted molar refractivity (Wildman–Crippen MR) is 85.7 cm³/mol. The Kier molecular flexibility index (Phi) is 3.24. The molecule has 0 aromatic heterocycles. The van der Waals surface area contributed by atoms with Gasteiger partial charge >= 0.3 is 0 Å². The zero-order valence-corrected chi connectivity index (χ0v) is 13.4. The normalized spacial score (nSPS) is 36.8. The van der Waals surface area contributed by atoms with Crippen molar-refractivity contribution in [1.82, 2.24) is 0 Å². The van der Waals surface area contributed by atoms with Gasteiger partial charge in [-0.15, -0.1) is 0 Å². The van der Waals surface area contributed by atoms with Crippen LogP contribution in [-0.4, -0.2) is 5.91 Å². The van der Waals surface area contributed by atoms with Crippen molar-refractivity contribution in [2.75, 3.05) is 5.32 Å². The molecular formula is C17H19Cl2NO. The van der Waals surface area contributed by atoms with E-state index in [0.717, 1.165) is 37.0 Å². The molecule has 21 heavy (non-hydrogen) atoms. The Morgan fingerprint density at radius 3 is 2.19 bits per heavy atom. The van der Waals surface area contributed by atoms with Gasteiger partial charge in [0.05, 0.1) is 21.1 Å². The summed E-state index contributed by atoms with van der Waals surface area (Å²) in [5, 5.41) is 3.98. The Morgan fingerprint density at radius 1 is 1.05 bits per heavy atom. The molecule has 0 heterocycles. The molecule has 2 nitrogen and oxygen atoms in total. The van der Waals surface area contributed by atoms with E-state index in [1.807, 2.05) is 12.1 Å². The molecule has 1 N–H and O–H groups in total. The second-order valence-corrected chi connectivity index (χ2v) is 8.04. The molecule has 1 aromatic rings.